The van der Waals surface area contributed by atoms with Crippen LogP contribution in [0, 0.1) is 0 Å². The minimum absolute atomic E-state index is 0.00167. The molecule has 1 aliphatic heterocycles. The second kappa shape index (κ2) is 5.11. The van der Waals surface area contributed by atoms with Crippen molar-refractivity contribution in [2.24, 2.45) is 0 Å². The fourth-order valence-corrected chi connectivity index (χ4v) is 1.77. The van der Waals surface area contributed by atoms with Crippen molar-refractivity contribution in [1.82, 2.24) is 9.80 Å². The van der Waals surface area contributed by atoms with Crippen molar-refractivity contribution in [2.75, 3.05) is 26.7 Å². The van der Waals surface area contributed by atoms with Gasteiger partial charge in [-0.1, -0.05) is 0 Å². The second-order valence-electron chi connectivity index (χ2n) is 4.05. The lowest BCUT2D eigenvalue weighted by Gasteiger charge is -2.25. The second-order valence-corrected chi connectivity index (χ2v) is 4.05. The van der Waals surface area contributed by atoms with Crippen LogP contribution in [-0.2, 0) is 9.59 Å². The Morgan fingerprint density at radius 3 is 2.73 bits per heavy atom. The molecule has 1 N–H and O–H groups in total. The Labute approximate surface area is 89.7 Å². The molecule has 0 aromatic carbocycles. The first kappa shape index (κ1) is 12.0. The number of carbonyl (C=O) groups excluding carboxylic acids is 1. The minimum Gasteiger partial charge on any atom is -0.481 e. The predicted octanol–water partition coefficient (Wildman–Crippen LogP) is 0.0137. The molecular formula is C10H18N2O3. The van der Waals surface area contributed by atoms with E-state index >= 15 is 0 Å². The molecule has 0 saturated carbocycles. The van der Waals surface area contributed by atoms with Gasteiger partial charge in [0.2, 0.25) is 5.91 Å². The Morgan fingerprint density at radius 2 is 2.13 bits per heavy atom. The molecule has 1 saturated heterocycles. The summed E-state index contributed by atoms with van der Waals surface area (Å²) in [6, 6.07) is 0.00167. The number of carbonyl (C=O) groups is 2. The monoisotopic (exact) mass is 214 g/mol. The van der Waals surface area contributed by atoms with Gasteiger partial charge < -0.3 is 10.0 Å². The summed E-state index contributed by atoms with van der Waals surface area (Å²) in [7, 11) is 1.79. The highest BCUT2D eigenvalue weighted by Gasteiger charge is 2.22. The molecule has 5 heteroatoms. The maximum atomic E-state index is 11.4. The molecule has 5 nitrogen and oxygen atoms in total. The molecule has 0 aromatic rings. The molecule has 1 atom stereocenters. The highest BCUT2D eigenvalue weighted by molar-refractivity contribution is 5.76. The van der Waals surface area contributed by atoms with Crippen LogP contribution in [0.4, 0.5) is 0 Å². The summed E-state index contributed by atoms with van der Waals surface area (Å²) in [5.74, 6) is -0.647. The van der Waals surface area contributed by atoms with Gasteiger partial charge in [-0.15, -0.1) is 0 Å². The van der Waals surface area contributed by atoms with E-state index in [1.807, 2.05) is 6.92 Å². The van der Waals surface area contributed by atoms with Crippen molar-refractivity contribution >= 4 is 11.9 Å². The van der Waals surface area contributed by atoms with Crippen LogP contribution in [0.15, 0.2) is 0 Å². The first-order chi connectivity index (χ1) is 7.00. The maximum Gasteiger partial charge on any atom is 0.304 e. The smallest absolute Gasteiger partial charge is 0.304 e. The largest absolute Gasteiger partial charge is 0.481 e. The van der Waals surface area contributed by atoms with Gasteiger partial charge in [-0.2, -0.15) is 0 Å². The number of nitrogens with zero attached hydrogens (tertiary/aromatic N) is 2. The lowest BCUT2D eigenvalue weighted by atomic mass is 10.2. The van der Waals surface area contributed by atoms with E-state index in [1.54, 1.807) is 11.9 Å². The third-order valence-corrected chi connectivity index (χ3v) is 2.85. The van der Waals surface area contributed by atoms with E-state index in [2.05, 4.69) is 4.90 Å². The fourth-order valence-electron chi connectivity index (χ4n) is 1.77. The fraction of sp³-hybridized carbons (Fsp3) is 0.800. The Hall–Kier alpha value is -1.10. The van der Waals surface area contributed by atoms with Crippen LogP contribution in [0.1, 0.15) is 19.8 Å². The zero-order valence-electron chi connectivity index (χ0n) is 9.27. The van der Waals surface area contributed by atoms with Gasteiger partial charge in [0.15, 0.2) is 0 Å². The summed E-state index contributed by atoms with van der Waals surface area (Å²) < 4.78 is 0. The number of hydrogen-bond acceptors (Lipinski definition) is 3. The van der Waals surface area contributed by atoms with Gasteiger partial charge in [-0.3, -0.25) is 14.5 Å². The standard InChI is InChI=1S/C10H18N2O3/c1-8(7-10(14)15)12-4-3-9(13)11(2)5-6-12/h8H,3-7H2,1-2H3,(H,14,15). The normalized spacial score (nSPS) is 21.2. The van der Waals surface area contributed by atoms with Crippen molar-refractivity contribution in [2.45, 2.75) is 25.8 Å². The zero-order valence-corrected chi connectivity index (χ0v) is 9.27. The third-order valence-electron chi connectivity index (χ3n) is 2.85. The van der Waals surface area contributed by atoms with Crippen LogP contribution in [0.25, 0.3) is 0 Å². The van der Waals surface area contributed by atoms with Crippen LogP contribution < -0.4 is 0 Å². The molecule has 1 aliphatic rings. The van der Waals surface area contributed by atoms with Crippen LogP contribution in [-0.4, -0.2) is 59.5 Å². The molecule has 0 aliphatic carbocycles. The SMILES string of the molecule is CC(CC(=O)O)N1CCC(=O)N(C)CC1. The number of likely N-dealkylation sites (N-methyl/N-ethyl adjacent to an activating group) is 1. The summed E-state index contributed by atoms with van der Waals surface area (Å²) >= 11 is 0. The van der Waals surface area contributed by atoms with Crippen molar-refractivity contribution in [3.63, 3.8) is 0 Å². The average molecular weight is 214 g/mol. The van der Waals surface area contributed by atoms with Gasteiger partial charge >= 0.3 is 5.97 Å². The molecule has 1 unspecified atom stereocenters. The van der Waals surface area contributed by atoms with Crippen molar-refractivity contribution in [3.05, 3.63) is 0 Å². The third kappa shape index (κ3) is 3.51. The van der Waals surface area contributed by atoms with E-state index in [0.29, 0.717) is 19.5 Å². The summed E-state index contributed by atoms with van der Waals surface area (Å²) in [5.41, 5.74) is 0. The molecule has 86 valence electrons. The van der Waals surface area contributed by atoms with Crippen LogP contribution in [0.5, 0.6) is 0 Å². The summed E-state index contributed by atoms with van der Waals surface area (Å²) in [4.78, 5) is 25.7. The van der Waals surface area contributed by atoms with Crippen LogP contribution >= 0.6 is 0 Å². The number of aliphatic carboxylic acids is 1. The molecule has 0 spiro atoms. The number of carboxylic acids is 1. The molecule has 0 radical (unpaired) electrons. The summed E-state index contributed by atoms with van der Waals surface area (Å²) in [6.07, 6.45) is 0.623. The lowest BCUT2D eigenvalue weighted by molar-refractivity contribution is -0.138. The number of carboxylic acid groups (broad SMARTS) is 1. The van der Waals surface area contributed by atoms with Gasteiger partial charge in [-0.25, -0.2) is 0 Å². The Balaban J connectivity index is 2.49. The van der Waals surface area contributed by atoms with Gasteiger partial charge in [-0.05, 0) is 6.92 Å². The first-order valence-electron chi connectivity index (χ1n) is 5.20. The molecule has 0 aromatic heterocycles. The van der Waals surface area contributed by atoms with Crippen LogP contribution in [0.3, 0.4) is 0 Å². The first-order valence-corrected chi connectivity index (χ1v) is 5.20. The molecule has 15 heavy (non-hydrogen) atoms. The van der Waals surface area contributed by atoms with Gasteiger partial charge in [0.25, 0.3) is 0 Å². The zero-order chi connectivity index (χ0) is 11.4. The number of amides is 1. The van der Waals surface area contributed by atoms with Crippen LogP contribution in [0.2, 0.25) is 0 Å². The Bertz CT molecular complexity index is 255. The predicted molar refractivity (Wildman–Crippen MR) is 55.5 cm³/mol. The van der Waals surface area contributed by atoms with E-state index in [9.17, 15) is 9.59 Å². The van der Waals surface area contributed by atoms with E-state index in [-0.39, 0.29) is 18.4 Å². The minimum atomic E-state index is -0.786. The van der Waals surface area contributed by atoms with E-state index < -0.39 is 5.97 Å². The highest BCUT2D eigenvalue weighted by atomic mass is 16.4. The van der Waals surface area contributed by atoms with Crippen molar-refractivity contribution in [3.8, 4) is 0 Å². The number of rotatable bonds is 3. The van der Waals surface area contributed by atoms with Gasteiger partial charge in [0.1, 0.15) is 0 Å². The molecular weight excluding hydrogens is 196 g/mol. The highest BCUT2D eigenvalue weighted by Crippen LogP contribution is 2.09. The molecule has 1 fully saturated rings. The van der Waals surface area contributed by atoms with E-state index in [0.717, 1.165) is 6.54 Å². The van der Waals surface area contributed by atoms with E-state index in [4.69, 9.17) is 5.11 Å². The Morgan fingerprint density at radius 1 is 1.47 bits per heavy atom. The van der Waals surface area contributed by atoms with Gasteiger partial charge in [0.05, 0.1) is 6.42 Å². The molecule has 1 rings (SSSR count). The summed E-state index contributed by atoms with van der Waals surface area (Å²) in [6.45, 7) is 4.00. The van der Waals surface area contributed by atoms with Crippen molar-refractivity contribution < 1.29 is 14.7 Å². The van der Waals surface area contributed by atoms with Gasteiger partial charge in [0, 0.05) is 39.1 Å². The summed E-state index contributed by atoms with van der Waals surface area (Å²) in [5, 5.41) is 8.68. The maximum absolute atomic E-state index is 11.4. The Kier molecular flexibility index (Phi) is 4.08. The quantitative estimate of drug-likeness (QED) is 0.719. The topological polar surface area (TPSA) is 60.9 Å². The molecule has 0 bridgehead atoms. The average Bonchev–Trinajstić information content (AvgIpc) is 2.29. The molecule has 1 amide bonds. The number of hydrogen-bond donors (Lipinski definition) is 1. The van der Waals surface area contributed by atoms with E-state index in [1.165, 1.54) is 0 Å². The lowest BCUT2D eigenvalue weighted by Crippen LogP contribution is -2.37. The van der Waals surface area contributed by atoms with Crippen molar-refractivity contribution in [1.29, 1.82) is 0 Å². The molecule has 1 heterocycles.